The van der Waals surface area contributed by atoms with Gasteiger partial charge in [-0.05, 0) is 68.1 Å². The number of piperidine rings is 1. The molecule has 2 N–H and O–H groups in total. The number of carbonyl (C=O) groups excluding carboxylic acids is 1. The van der Waals surface area contributed by atoms with Crippen molar-refractivity contribution in [2.75, 3.05) is 25.5 Å². The van der Waals surface area contributed by atoms with Gasteiger partial charge in [-0.3, -0.25) is 4.79 Å². The lowest BCUT2D eigenvalue weighted by atomic mass is 9.84. The Kier molecular flexibility index (Phi) is 6.65. The number of benzene rings is 1. The lowest BCUT2D eigenvalue weighted by molar-refractivity contribution is -0.117. The van der Waals surface area contributed by atoms with Gasteiger partial charge in [0.15, 0.2) is 0 Å². The fraction of sp³-hybridized carbons (Fsp3) is 0.429. The lowest BCUT2D eigenvalue weighted by Crippen LogP contribution is -2.32. The van der Waals surface area contributed by atoms with Gasteiger partial charge in [0.25, 0.3) is 0 Å². The minimum Gasteiger partial charge on any atom is -0.497 e. The van der Waals surface area contributed by atoms with E-state index in [9.17, 15) is 4.79 Å². The Bertz CT molecular complexity index is 725. The van der Waals surface area contributed by atoms with Gasteiger partial charge < -0.3 is 20.1 Å². The average molecular weight is 369 g/mol. The smallest absolute Gasteiger partial charge is 0.224 e. The van der Waals surface area contributed by atoms with Crippen LogP contribution in [0.5, 0.6) is 17.4 Å². The summed E-state index contributed by atoms with van der Waals surface area (Å²) < 4.78 is 10.8. The van der Waals surface area contributed by atoms with Crippen LogP contribution in [0.25, 0.3) is 0 Å². The Labute approximate surface area is 160 Å². The van der Waals surface area contributed by atoms with E-state index in [1.807, 2.05) is 24.3 Å². The van der Waals surface area contributed by atoms with Crippen LogP contribution in [0.3, 0.4) is 0 Å². The van der Waals surface area contributed by atoms with Gasteiger partial charge in [-0.15, -0.1) is 0 Å². The van der Waals surface area contributed by atoms with E-state index in [4.69, 9.17) is 9.47 Å². The molecule has 1 unspecified atom stereocenters. The van der Waals surface area contributed by atoms with Crippen molar-refractivity contribution in [3.05, 3.63) is 42.6 Å². The summed E-state index contributed by atoms with van der Waals surface area (Å²) in [4.78, 5) is 16.6. The number of anilines is 1. The highest BCUT2D eigenvalue weighted by molar-refractivity contribution is 5.90. The predicted octanol–water partition coefficient (Wildman–Crippen LogP) is 3.85. The van der Waals surface area contributed by atoms with Gasteiger partial charge in [-0.25, -0.2) is 4.98 Å². The molecule has 1 saturated heterocycles. The first-order valence-electron chi connectivity index (χ1n) is 9.42. The molecule has 1 aromatic heterocycles. The second kappa shape index (κ2) is 9.37. The minimum atomic E-state index is 0.0339. The molecular weight excluding hydrogens is 342 g/mol. The zero-order chi connectivity index (χ0) is 19.1. The van der Waals surface area contributed by atoms with Crippen molar-refractivity contribution < 1.29 is 14.3 Å². The summed E-state index contributed by atoms with van der Waals surface area (Å²) in [7, 11) is 1.62. The molecule has 1 aromatic carbocycles. The maximum atomic E-state index is 12.3. The molecule has 1 amide bonds. The number of carbonyl (C=O) groups is 1. The molecule has 1 aliphatic heterocycles. The van der Waals surface area contributed by atoms with Crippen molar-refractivity contribution in [3.8, 4) is 17.4 Å². The van der Waals surface area contributed by atoms with E-state index < -0.39 is 0 Å². The molecule has 0 saturated carbocycles. The van der Waals surface area contributed by atoms with Crippen molar-refractivity contribution >= 4 is 11.6 Å². The van der Waals surface area contributed by atoms with Crippen LogP contribution < -0.4 is 20.1 Å². The van der Waals surface area contributed by atoms with E-state index >= 15 is 0 Å². The quantitative estimate of drug-likeness (QED) is 0.776. The number of hydrogen-bond donors (Lipinski definition) is 2. The molecule has 27 heavy (non-hydrogen) atoms. The first-order chi connectivity index (χ1) is 13.1. The van der Waals surface area contributed by atoms with Crippen LogP contribution in [-0.4, -0.2) is 31.1 Å². The summed E-state index contributed by atoms with van der Waals surface area (Å²) >= 11 is 0. The highest BCUT2D eigenvalue weighted by atomic mass is 16.5. The van der Waals surface area contributed by atoms with Crippen molar-refractivity contribution in [1.29, 1.82) is 0 Å². The number of pyridine rings is 1. The first kappa shape index (κ1) is 19.2. The van der Waals surface area contributed by atoms with Crippen LogP contribution in [0.1, 0.15) is 26.2 Å². The number of methoxy groups -OCH3 is 1. The summed E-state index contributed by atoms with van der Waals surface area (Å²) in [5.41, 5.74) is 0.680. The molecular formula is C21H27N3O3. The Hall–Kier alpha value is -2.60. The predicted molar refractivity (Wildman–Crippen MR) is 105 cm³/mol. The SMILES string of the molecule is COc1ccc(Oc2ccc(NC(=O)CC(C)C3CCNCC3)cn2)cc1. The summed E-state index contributed by atoms with van der Waals surface area (Å²) in [6.07, 6.45) is 4.45. The standard InChI is InChI=1S/C21H27N3O3/c1-15(16-9-11-22-12-10-16)13-20(25)24-17-3-8-21(23-14-17)27-19-6-4-18(26-2)5-7-19/h3-8,14-16,22H,9-13H2,1-2H3,(H,24,25). The normalized spacial score (nSPS) is 15.8. The van der Waals surface area contributed by atoms with Gasteiger partial charge in [0.1, 0.15) is 11.5 Å². The molecule has 0 aliphatic carbocycles. The van der Waals surface area contributed by atoms with Crippen molar-refractivity contribution in [2.45, 2.75) is 26.2 Å². The summed E-state index contributed by atoms with van der Waals surface area (Å²) in [6, 6.07) is 10.8. The Morgan fingerprint density at radius 3 is 2.52 bits per heavy atom. The maximum Gasteiger partial charge on any atom is 0.224 e. The number of nitrogens with zero attached hydrogens (tertiary/aromatic N) is 1. The molecule has 1 atom stereocenters. The van der Waals surface area contributed by atoms with E-state index in [0.717, 1.165) is 31.7 Å². The third-order valence-electron chi connectivity index (χ3n) is 5.00. The Morgan fingerprint density at radius 2 is 1.89 bits per heavy atom. The molecule has 6 nitrogen and oxygen atoms in total. The molecule has 6 heteroatoms. The van der Waals surface area contributed by atoms with Crippen molar-refractivity contribution in [3.63, 3.8) is 0 Å². The number of aromatic nitrogens is 1. The van der Waals surface area contributed by atoms with Gasteiger partial charge in [0, 0.05) is 12.5 Å². The Morgan fingerprint density at radius 1 is 1.19 bits per heavy atom. The van der Waals surface area contributed by atoms with E-state index in [0.29, 0.717) is 35.6 Å². The molecule has 1 aliphatic rings. The van der Waals surface area contributed by atoms with E-state index in [1.54, 1.807) is 25.4 Å². The summed E-state index contributed by atoms with van der Waals surface area (Å²) in [5.74, 6) is 2.96. The molecule has 0 spiro atoms. The fourth-order valence-corrected chi connectivity index (χ4v) is 3.36. The third-order valence-corrected chi connectivity index (χ3v) is 5.00. The molecule has 1 fully saturated rings. The Balaban J connectivity index is 1.49. The van der Waals surface area contributed by atoms with Gasteiger partial charge in [0.05, 0.1) is 19.0 Å². The van der Waals surface area contributed by atoms with E-state index in [-0.39, 0.29) is 5.91 Å². The van der Waals surface area contributed by atoms with Crippen molar-refractivity contribution in [2.24, 2.45) is 11.8 Å². The van der Waals surface area contributed by atoms with Gasteiger partial charge >= 0.3 is 0 Å². The maximum absolute atomic E-state index is 12.3. The van der Waals surface area contributed by atoms with E-state index in [1.165, 1.54) is 0 Å². The highest BCUT2D eigenvalue weighted by Gasteiger charge is 2.22. The van der Waals surface area contributed by atoms with Crippen LogP contribution in [0.2, 0.25) is 0 Å². The van der Waals surface area contributed by atoms with Gasteiger partial charge in [-0.2, -0.15) is 0 Å². The number of hydrogen-bond acceptors (Lipinski definition) is 5. The van der Waals surface area contributed by atoms with Gasteiger partial charge in [0.2, 0.25) is 11.8 Å². The summed E-state index contributed by atoms with van der Waals surface area (Å²) in [5, 5.41) is 6.29. The molecule has 0 bridgehead atoms. The third kappa shape index (κ3) is 5.69. The van der Waals surface area contributed by atoms with Gasteiger partial charge in [-0.1, -0.05) is 6.92 Å². The van der Waals surface area contributed by atoms with Crippen LogP contribution in [-0.2, 0) is 4.79 Å². The summed E-state index contributed by atoms with van der Waals surface area (Å²) in [6.45, 7) is 4.27. The molecule has 2 aromatic rings. The molecule has 0 radical (unpaired) electrons. The molecule has 2 heterocycles. The molecule has 144 valence electrons. The van der Waals surface area contributed by atoms with Crippen LogP contribution in [0.4, 0.5) is 5.69 Å². The zero-order valence-corrected chi connectivity index (χ0v) is 15.9. The molecule has 3 rings (SSSR count). The number of amides is 1. The monoisotopic (exact) mass is 369 g/mol. The zero-order valence-electron chi connectivity index (χ0n) is 15.9. The first-order valence-corrected chi connectivity index (χ1v) is 9.42. The second-order valence-electron chi connectivity index (χ2n) is 6.98. The van der Waals surface area contributed by atoms with Crippen molar-refractivity contribution in [1.82, 2.24) is 10.3 Å². The second-order valence-corrected chi connectivity index (χ2v) is 6.98. The largest absolute Gasteiger partial charge is 0.497 e. The van der Waals surface area contributed by atoms with Crippen LogP contribution >= 0.6 is 0 Å². The van der Waals surface area contributed by atoms with E-state index in [2.05, 4.69) is 22.5 Å². The van der Waals surface area contributed by atoms with Crippen LogP contribution in [0.15, 0.2) is 42.6 Å². The topological polar surface area (TPSA) is 72.5 Å². The fourth-order valence-electron chi connectivity index (χ4n) is 3.36. The van der Waals surface area contributed by atoms with Crippen LogP contribution in [0, 0.1) is 11.8 Å². The lowest BCUT2D eigenvalue weighted by Gasteiger charge is -2.27. The number of rotatable bonds is 7. The number of nitrogens with one attached hydrogen (secondary N) is 2. The average Bonchev–Trinajstić information content (AvgIpc) is 2.70. The minimum absolute atomic E-state index is 0.0339. The highest BCUT2D eigenvalue weighted by Crippen LogP contribution is 2.25. The number of ether oxygens (including phenoxy) is 2.